The van der Waals surface area contributed by atoms with Crippen molar-refractivity contribution in [3.8, 4) is 5.75 Å². The van der Waals surface area contributed by atoms with Gasteiger partial charge in [-0.2, -0.15) is 0 Å². The van der Waals surface area contributed by atoms with Crippen molar-refractivity contribution in [1.29, 1.82) is 0 Å². The van der Waals surface area contributed by atoms with Crippen molar-refractivity contribution in [3.63, 3.8) is 0 Å². The molecule has 4 unspecified atom stereocenters. The van der Waals surface area contributed by atoms with Crippen LogP contribution >= 0.6 is 11.3 Å². The zero-order valence-electron chi connectivity index (χ0n) is 16.9. The van der Waals surface area contributed by atoms with E-state index in [0.717, 1.165) is 29.9 Å². The van der Waals surface area contributed by atoms with Crippen LogP contribution in [0.3, 0.4) is 0 Å². The predicted molar refractivity (Wildman–Crippen MR) is 114 cm³/mol. The van der Waals surface area contributed by atoms with Crippen LogP contribution in [-0.2, 0) is 6.42 Å². The molecule has 26 heavy (non-hydrogen) atoms. The molecule has 0 aliphatic heterocycles. The van der Waals surface area contributed by atoms with Gasteiger partial charge in [0.25, 0.3) is 0 Å². The molecule has 1 fully saturated rings. The zero-order chi connectivity index (χ0) is 18.7. The van der Waals surface area contributed by atoms with E-state index in [1.807, 2.05) is 11.3 Å². The molecule has 2 N–H and O–H groups in total. The van der Waals surface area contributed by atoms with Gasteiger partial charge in [0, 0.05) is 9.58 Å². The third-order valence-corrected chi connectivity index (χ3v) is 8.00. The van der Waals surface area contributed by atoms with Gasteiger partial charge in [-0.25, -0.2) is 0 Å². The number of hydrogen-bond acceptors (Lipinski definition) is 3. The summed E-state index contributed by atoms with van der Waals surface area (Å²) in [4.78, 5) is 1.56. The molecule has 3 rings (SSSR count). The van der Waals surface area contributed by atoms with Gasteiger partial charge in [0.2, 0.25) is 0 Å². The number of ether oxygens (including phenoxy) is 1. The number of methoxy groups -OCH3 is 1. The molecule has 1 heterocycles. The lowest BCUT2D eigenvalue weighted by atomic mass is 9.71. The summed E-state index contributed by atoms with van der Waals surface area (Å²) in [7, 11) is 1.74. The number of hydrogen-bond donors (Lipinski definition) is 1. The average molecular weight is 374 g/mol. The summed E-state index contributed by atoms with van der Waals surface area (Å²) in [6.07, 6.45) is 7.87. The van der Waals surface area contributed by atoms with Gasteiger partial charge < -0.3 is 10.5 Å². The molecule has 1 aliphatic rings. The largest absolute Gasteiger partial charge is 0.497 e. The summed E-state index contributed by atoms with van der Waals surface area (Å²) in [6, 6.07) is 6.49. The third-order valence-electron chi connectivity index (χ3n) is 6.55. The lowest BCUT2D eigenvalue weighted by Crippen LogP contribution is -2.23. The Kier molecular flexibility index (Phi) is 6.63. The first-order chi connectivity index (χ1) is 12.6. The van der Waals surface area contributed by atoms with Crippen LogP contribution in [-0.4, -0.2) is 13.7 Å². The highest BCUT2D eigenvalue weighted by atomic mass is 32.1. The first-order valence-corrected chi connectivity index (χ1v) is 11.2. The number of benzene rings is 1. The minimum Gasteiger partial charge on any atom is -0.497 e. The van der Waals surface area contributed by atoms with Gasteiger partial charge in [-0.15, -0.1) is 11.3 Å². The molecule has 1 aliphatic carbocycles. The molecule has 1 aromatic heterocycles. The van der Waals surface area contributed by atoms with Gasteiger partial charge in [0.05, 0.1) is 7.11 Å². The van der Waals surface area contributed by atoms with Crippen molar-refractivity contribution in [2.24, 2.45) is 23.5 Å². The Bertz CT molecular complexity index is 722. The van der Waals surface area contributed by atoms with Gasteiger partial charge in [-0.1, -0.05) is 40.0 Å². The van der Waals surface area contributed by atoms with E-state index in [4.69, 9.17) is 10.5 Å². The SMILES string of the molecule is CCC1CC(CC(C)c2sc3ccc(OC)cc3c2CCN)CCC1C. The fraction of sp³-hybridized carbons (Fsp3) is 0.652. The van der Waals surface area contributed by atoms with E-state index in [1.165, 1.54) is 47.8 Å². The molecule has 0 radical (unpaired) electrons. The van der Waals surface area contributed by atoms with Crippen LogP contribution in [0.25, 0.3) is 10.1 Å². The van der Waals surface area contributed by atoms with Gasteiger partial charge in [-0.3, -0.25) is 0 Å². The molecule has 0 bridgehead atoms. The van der Waals surface area contributed by atoms with E-state index in [0.29, 0.717) is 12.5 Å². The van der Waals surface area contributed by atoms with E-state index in [1.54, 1.807) is 12.0 Å². The Morgan fingerprint density at radius 2 is 2.12 bits per heavy atom. The van der Waals surface area contributed by atoms with Gasteiger partial charge in [0.15, 0.2) is 0 Å². The molecule has 2 aromatic rings. The van der Waals surface area contributed by atoms with Crippen LogP contribution in [0.4, 0.5) is 0 Å². The fourth-order valence-corrected chi connectivity index (χ4v) is 6.27. The predicted octanol–water partition coefficient (Wildman–Crippen LogP) is 6.37. The minimum absolute atomic E-state index is 0.621. The second-order valence-electron chi connectivity index (χ2n) is 8.31. The highest BCUT2D eigenvalue weighted by Gasteiger charge is 2.28. The Morgan fingerprint density at radius 3 is 2.81 bits per heavy atom. The van der Waals surface area contributed by atoms with Crippen LogP contribution in [0.2, 0.25) is 0 Å². The van der Waals surface area contributed by atoms with Crippen LogP contribution < -0.4 is 10.5 Å². The number of fused-ring (bicyclic) bond motifs is 1. The smallest absolute Gasteiger partial charge is 0.119 e. The van der Waals surface area contributed by atoms with Crippen LogP contribution in [0.15, 0.2) is 18.2 Å². The molecule has 144 valence electrons. The number of rotatable bonds is 7. The van der Waals surface area contributed by atoms with Crippen LogP contribution in [0, 0.1) is 17.8 Å². The second-order valence-corrected chi connectivity index (χ2v) is 9.39. The van der Waals surface area contributed by atoms with Gasteiger partial charge in [-0.05, 0) is 78.6 Å². The molecular weight excluding hydrogens is 338 g/mol. The molecule has 3 heteroatoms. The quantitative estimate of drug-likeness (QED) is 0.612. The monoisotopic (exact) mass is 373 g/mol. The third kappa shape index (κ3) is 4.09. The normalized spacial score (nSPS) is 24.7. The Balaban J connectivity index is 1.83. The van der Waals surface area contributed by atoms with E-state index < -0.39 is 0 Å². The van der Waals surface area contributed by atoms with E-state index in [2.05, 4.69) is 39.0 Å². The van der Waals surface area contributed by atoms with Crippen molar-refractivity contribution in [2.45, 2.75) is 65.2 Å². The molecule has 2 nitrogen and oxygen atoms in total. The van der Waals surface area contributed by atoms with E-state index in [-0.39, 0.29) is 0 Å². The van der Waals surface area contributed by atoms with Crippen molar-refractivity contribution in [3.05, 3.63) is 28.6 Å². The number of nitrogens with two attached hydrogens (primary N) is 1. The minimum atomic E-state index is 0.621. The maximum Gasteiger partial charge on any atom is 0.119 e. The lowest BCUT2D eigenvalue weighted by molar-refractivity contribution is 0.176. The van der Waals surface area contributed by atoms with E-state index >= 15 is 0 Å². The first-order valence-electron chi connectivity index (χ1n) is 10.4. The topological polar surface area (TPSA) is 35.2 Å². The molecule has 0 spiro atoms. The standard InChI is InChI=1S/C23H35NOS/c1-5-18-13-17(7-6-15(18)2)12-16(3)23-20(10-11-24)21-14-19(25-4)8-9-22(21)26-23/h8-9,14-18H,5-7,10-13,24H2,1-4H3. The van der Waals surface area contributed by atoms with Crippen molar-refractivity contribution in [1.82, 2.24) is 0 Å². The molecule has 4 atom stereocenters. The summed E-state index contributed by atoms with van der Waals surface area (Å²) in [5, 5.41) is 1.35. The Morgan fingerprint density at radius 1 is 1.31 bits per heavy atom. The Labute approximate surface area is 163 Å². The van der Waals surface area contributed by atoms with Crippen LogP contribution in [0.5, 0.6) is 5.75 Å². The first kappa shape index (κ1) is 19.7. The molecule has 1 saturated carbocycles. The molecular formula is C23H35NOS. The fourth-order valence-electron chi connectivity index (χ4n) is 4.98. The average Bonchev–Trinajstić information content (AvgIpc) is 3.01. The summed E-state index contributed by atoms with van der Waals surface area (Å²) in [6.45, 7) is 7.96. The molecule has 1 aromatic carbocycles. The summed E-state index contributed by atoms with van der Waals surface area (Å²) >= 11 is 1.98. The lowest BCUT2D eigenvalue weighted by Gasteiger charge is -2.35. The van der Waals surface area contributed by atoms with Crippen molar-refractivity contribution in [2.75, 3.05) is 13.7 Å². The van der Waals surface area contributed by atoms with Crippen molar-refractivity contribution >= 4 is 21.4 Å². The summed E-state index contributed by atoms with van der Waals surface area (Å²) in [5.41, 5.74) is 7.43. The van der Waals surface area contributed by atoms with Gasteiger partial charge in [0.1, 0.15) is 5.75 Å². The summed E-state index contributed by atoms with van der Waals surface area (Å²) in [5.74, 6) is 4.29. The second kappa shape index (κ2) is 8.75. The maximum absolute atomic E-state index is 5.96. The zero-order valence-corrected chi connectivity index (χ0v) is 17.7. The maximum atomic E-state index is 5.96. The Hall–Kier alpha value is -1.06. The van der Waals surface area contributed by atoms with Crippen LogP contribution in [0.1, 0.15) is 69.2 Å². The molecule has 0 amide bonds. The highest BCUT2D eigenvalue weighted by Crippen LogP contribution is 2.44. The van der Waals surface area contributed by atoms with Gasteiger partial charge >= 0.3 is 0 Å². The highest BCUT2D eigenvalue weighted by molar-refractivity contribution is 7.19. The van der Waals surface area contributed by atoms with E-state index in [9.17, 15) is 0 Å². The summed E-state index contributed by atoms with van der Waals surface area (Å²) < 4.78 is 6.83. The number of thiophene rings is 1. The van der Waals surface area contributed by atoms with Crippen molar-refractivity contribution < 1.29 is 4.74 Å². The molecule has 0 saturated heterocycles.